The average Bonchev–Trinajstić information content (AvgIpc) is 2.43. The normalized spacial score (nSPS) is 21.9. The van der Waals surface area contributed by atoms with E-state index < -0.39 is 0 Å². The summed E-state index contributed by atoms with van der Waals surface area (Å²) >= 11 is 0. The fraction of sp³-hybridized carbons (Fsp3) is 1.00. The lowest BCUT2D eigenvalue weighted by Gasteiger charge is -2.16. The van der Waals surface area contributed by atoms with E-state index in [0.717, 1.165) is 11.8 Å². The monoisotopic (exact) mass is 196 g/mol. The molecule has 0 heterocycles. The van der Waals surface area contributed by atoms with Gasteiger partial charge in [0.25, 0.3) is 0 Å². The standard InChI is InChI=1S/C14H28/c1-3-8-13(2)11-12-14-9-6-4-5-7-10-14/h13-14H,3-12H2,1-2H3. The van der Waals surface area contributed by atoms with Crippen LogP contribution in [0.3, 0.4) is 0 Å². The molecule has 1 atom stereocenters. The van der Waals surface area contributed by atoms with Gasteiger partial charge in [-0.25, -0.2) is 0 Å². The second kappa shape index (κ2) is 7.31. The summed E-state index contributed by atoms with van der Waals surface area (Å²) in [4.78, 5) is 0. The summed E-state index contributed by atoms with van der Waals surface area (Å²) in [6.07, 6.45) is 14.9. The van der Waals surface area contributed by atoms with Crippen LogP contribution in [0.15, 0.2) is 0 Å². The molecule has 0 heteroatoms. The highest BCUT2D eigenvalue weighted by Crippen LogP contribution is 2.28. The molecule has 0 N–H and O–H groups in total. The molecule has 0 aromatic carbocycles. The third kappa shape index (κ3) is 5.02. The lowest BCUT2D eigenvalue weighted by Crippen LogP contribution is -2.02. The van der Waals surface area contributed by atoms with Gasteiger partial charge in [0.1, 0.15) is 0 Å². The van der Waals surface area contributed by atoms with E-state index in [4.69, 9.17) is 0 Å². The molecule has 1 rings (SSSR count). The molecule has 1 aliphatic rings. The molecule has 0 aliphatic heterocycles. The van der Waals surface area contributed by atoms with Crippen molar-refractivity contribution in [2.24, 2.45) is 11.8 Å². The summed E-state index contributed by atoms with van der Waals surface area (Å²) in [6.45, 7) is 4.74. The predicted molar refractivity (Wildman–Crippen MR) is 64.5 cm³/mol. The molecule has 14 heavy (non-hydrogen) atoms. The molecular formula is C14H28. The SMILES string of the molecule is CCCC(C)CCC1CCCCCC1. The topological polar surface area (TPSA) is 0 Å². The maximum atomic E-state index is 2.43. The van der Waals surface area contributed by atoms with Crippen LogP contribution in [0.1, 0.15) is 78.1 Å². The van der Waals surface area contributed by atoms with E-state index in [1.54, 1.807) is 0 Å². The summed E-state index contributed by atoms with van der Waals surface area (Å²) in [7, 11) is 0. The minimum Gasteiger partial charge on any atom is -0.0654 e. The lowest BCUT2D eigenvalue weighted by atomic mass is 9.90. The van der Waals surface area contributed by atoms with E-state index in [-0.39, 0.29) is 0 Å². The first-order valence-electron chi connectivity index (χ1n) is 6.83. The third-order valence-corrected chi connectivity index (χ3v) is 3.82. The van der Waals surface area contributed by atoms with Crippen LogP contribution < -0.4 is 0 Å². The largest absolute Gasteiger partial charge is 0.0654 e. The van der Waals surface area contributed by atoms with Gasteiger partial charge in [-0.05, 0) is 11.8 Å². The Labute approximate surface area is 90.5 Å². The van der Waals surface area contributed by atoms with E-state index in [1.807, 2.05) is 0 Å². The first kappa shape index (κ1) is 12.1. The van der Waals surface area contributed by atoms with Gasteiger partial charge in [-0.1, -0.05) is 78.1 Å². The van der Waals surface area contributed by atoms with Crippen LogP contribution in [0.2, 0.25) is 0 Å². The quantitative estimate of drug-likeness (QED) is 0.532. The molecule has 1 unspecified atom stereocenters. The molecule has 0 saturated heterocycles. The van der Waals surface area contributed by atoms with Crippen molar-refractivity contribution >= 4 is 0 Å². The van der Waals surface area contributed by atoms with Gasteiger partial charge in [-0.2, -0.15) is 0 Å². The summed E-state index contributed by atoms with van der Waals surface area (Å²) < 4.78 is 0. The van der Waals surface area contributed by atoms with E-state index in [0.29, 0.717) is 0 Å². The van der Waals surface area contributed by atoms with Crippen LogP contribution in [0, 0.1) is 11.8 Å². The summed E-state index contributed by atoms with van der Waals surface area (Å²) in [5.74, 6) is 2.06. The van der Waals surface area contributed by atoms with E-state index in [1.165, 1.54) is 64.2 Å². The molecular weight excluding hydrogens is 168 g/mol. The molecule has 0 radical (unpaired) electrons. The fourth-order valence-corrected chi connectivity index (χ4v) is 2.81. The van der Waals surface area contributed by atoms with E-state index in [9.17, 15) is 0 Å². The van der Waals surface area contributed by atoms with Crippen molar-refractivity contribution in [2.45, 2.75) is 78.1 Å². The maximum Gasteiger partial charge on any atom is -0.0414 e. The smallest absolute Gasteiger partial charge is 0.0414 e. The van der Waals surface area contributed by atoms with Gasteiger partial charge in [0.15, 0.2) is 0 Å². The molecule has 0 aromatic heterocycles. The molecule has 0 nitrogen and oxygen atoms in total. The lowest BCUT2D eigenvalue weighted by molar-refractivity contribution is 0.363. The van der Waals surface area contributed by atoms with Gasteiger partial charge in [0, 0.05) is 0 Å². The van der Waals surface area contributed by atoms with Crippen molar-refractivity contribution in [3.63, 3.8) is 0 Å². The Kier molecular flexibility index (Phi) is 6.31. The molecule has 84 valence electrons. The first-order valence-corrected chi connectivity index (χ1v) is 6.83. The van der Waals surface area contributed by atoms with E-state index >= 15 is 0 Å². The Morgan fingerprint density at radius 1 is 1.00 bits per heavy atom. The van der Waals surface area contributed by atoms with Gasteiger partial charge < -0.3 is 0 Å². The second-order valence-corrected chi connectivity index (χ2v) is 5.33. The Morgan fingerprint density at radius 2 is 1.64 bits per heavy atom. The molecule has 1 saturated carbocycles. The maximum absolute atomic E-state index is 2.43. The average molecular weight is 196 g/mol. The van der Waals surface area contributed by atoms with Gasteiger partial charge in [0.05, 0.1) is 0 Å². The molecule has 0 spiro atoms. The van der Waals surface area contributed by atoms with Crippen LogP contribution in [0.4, 0.5) is 0 Å². The Bertz CT molecular complexity index is 120. The first-order chi connectivity index (χ1) is 6.83. The summed E-state index contributed by atoms with van der Waals surface area (Å²) in [6, 6.07) is 0. The van der Waals surface area contributed by atoms with Crippen LogP contribution in [0.25, 0.3) is 0 Å². The van der Waals surface area contributed by atoms with Crippen LogP contribution >= 0.6 is 0 Å². The highest BCUT2D eigenvalue weighted by atomic mass is 14.2. The van der Waals surface area contributed by atoms with Gasteiger partial charge >= 0.3 is 0 Å². The number of hydrogen-bond donors (Lipinski definition) is 0. The van der Waals surface area contributed by atoms with Gasteiger partial charge in [-0.3, -0.25) is 0 Å². The van der Waals surface area contributed by atoms with Gasteiger partial charge in [-0.15, -0.1) is 0 Å². The van der Waals surface area contributed by atoms with Crippen molar-refractivity contribution < 1.29 is 0 Å². The molecule has 1 fully saturated rings. The van der Waals surface area contributed by atoms with Crippen molar-refractivity contribution in [1.82, 2.24) is 0 Å². The minimum absolute atomic E-state index is 0.975. The summed E-state index contributed by atoms with van der Waals surface area (Å²) in [5.41, 5.74) is 0. The van der Waals surface area contributed by atoms with Gasteiger partial charge in [0.2, 0.25) is 0 Å². The minimum atomic E-state index is 0.975. The zero-order valence-electron chi connectivity index (χ0n) is 10.2. The molecule has 0 bridgehead atoms. The number of hydrogen-bond acceptors (Lipinski definition) is 0. The molecule has 0 amide bonds. The highest BCUT2D eigenvalue weighted by Gasteiger charge is 2.13. The van der Waals surface area contributed by atoms with Crippen LogP contribution in [0.5, 0.6) is 0 Å². The zero-order valence-corrected chi connectivity index (χ0v) is 10.2. The van der Waals surface area contributed by atoms with E-state index in [2.05, 4.69) is 13.8 Å². The van der Waals surface area contributed by atoms with Crippen molar-refractivity contribution in [1.29, 1.82) is 0 Å². The van der Waals surface area contributed by atoms with Crippen molar-refractivity contribution in [2.75, 3.05) is 0 Å². The second-order valence-electron chi connectivity index (χ2n) is 5.33. The van der Waals surface area contributed by atoms with Crippen LogP contribution in [-0.4, -0.2) is 0 Å². The Hall–Kier alpha value is 0. The number of rotatable bonds is 5. The summed E-state index contributed by atoms with van der Waals surface area (Å²) in [5, 5.41) is 0. The zero-order chi connectivity index (χ0) is 10.2. The molecule has 1 aliphatic carbocycles. The molecule has 0 aromatic rings. The van der Waals surface area contributed by atoms with Crippen LogP contribution in [-0.2, 0) is 0 Å². The van der Waals surface area contributed by atoms with Crippen molar-refractivity contribution in [3.8, 4) is 0 Å². The van der Waals surface area contributed by atoms with Crippen molar-refractivity contribution in [3.05, 3.63) is 0 Å². The Morgan fingerprint density at radius 3 is 2.21 bits per heavy atom. The highest BCUT2D eigenvalue weighted by molar-refractivity contribution is 4.66. The predicted octanol–water partition coefficient (Wildman–Crippen LogP) is 5.17. The Balaban J connectivity index is 2.09. The fourth-order valence-electron chi connectivity index (χ4n) is 2.81. The third-order valence-electron chi connectivity index (χ3n) is 3.82.